The monoisotopic (exact) mass is 364 g/mol. The van der Waals surface area contributed by atoms with Gasteiger partial charge in [0.15, 0.2) is 11.2 Å². The second-order valence-electron chi connectivity index (χ2n) is 6.11. The van der Waals surface area contributed by atoms with Crippen molar-refractivity contribution in [2.75, 3.05) is 0 Å². The number of alkyl halides is 3. The van der Waals surface area contributed by atoms with Crippen LogP contribution in [-0.4, -0.2) is 31.6 Å². The van der Waals surface area contributed by atoms with E-state index in [1.54, 1.807) is 6.92 Å². The van der Waals surface area contributed by atoms with E-state index < -0.39 is 17.7 Å². The van der Waals surface area contributed by atoms with Gasteiger partial charge in [-0.15, -0.1) is 0 Å². The summed E-state index contributed by atoms with van der Waals surface area (Å²) in [6.45, 7) is 2.42. The van der Waals surface area contributed by atoms with E-state index in [1.807, 2.05) is 0 Å². The van der Waals surface area contributed by atoms with Crippen molar-refractivity contribution < 1.29 is 23.1 Å². The number of rotatable bonds is 3. The first-order valence-electron chi connectivity index (χ1n) is 7.56. The van der Waals surface area contributed by atoms with E-state index >= 15 is 0 Å². The molecule has 3 N–H and O–H groups in total. The lowest BCUT2D eigenvalue weighted by Crippen LogP contribution is -2.39. The van der Waals surface area contributed by atoms with Gasteiger partial charge >= 0.3 is 6.18 Å². The lowest BCUT2D eigenvalue weighted by molar-refractivity contribution is -0.258. The number of benzene rings is 1. The number of carbonyl (C=O) groups is 1. The lowest BCUT2D eigenvalue weighted by atomic mass is 9.91. The van der Waals surface area contributed by atoms with E-state index in [-0.39, 0.29) is 11.3 Å². The zero-order chi connectivity index (χ0) is 19.3. The predicted molar refractivity (Wildman–Crippen MR) is 87.3 cm³/mol. The normalized spacial score (nSPS) is 14.4. The highest BCUT2D eigenvalue weighted by atomic mass is 19.4. The smallest absolute Gasteiger partial charge is 0.376 e. The molecule has 0 fully saturated rings. The van der Waals surface area contributed by atoms with Crippen molar-refractivity contribution in [3.05, 3.63) is 53.6 Å². The van der Waals surface area contributed by atoms with Gasteiger partial charge in [0.25, 0.3) is 5.91 Å². The molecule has 1 aromatic carbocycles. The van der Waals surface area contributed by atoms with Crippen LogP contribution in [0.25, 0.3) is 16.9 Å². The highest BCUT2D eigenvalue weighted by Gasteiger charge is 2.51. The Morgan fingerprint density at radius 3 is 2.54 bits per heavy atom. The summed E-state index contributed by atoms with van der Waals surface area (Å²) in [5.41, 5.74) is 3.87. The van der Waals surface area contributed by atoms with Crippen molar-refractivity contribution in [2.45, 2.75) is 25.6 Å². The van der Waals surface area contributed by atoms with Crippen LogP contribution in [0.2, 0.25) is 0 Å². The molecule has 0 aliphatic heterocycles. The molecule has 1 unspecified atom stereocenters. The predicted octanol–water partition coefficient (Wildman–Crippen LogP) is 2.57. The summed E-state index contributed by atoms with van der Waals surface area (Å²) in [6, 6.07) is 3.98. The summed E-state index contributed by atoms with van der Waals surface area (Å²) in [4.78, 5) is 19.4. The van der Waals surface area contributed by atoms with Gasteiger partial charge in [-0.1, -0.05) is 12.1 Å². The molecule has 0 aliphatic carbocycles. The fourth-order valence-corrected chi connectivity index (χ4v) is 2.58. The van der Waals surface area contributed by atoms with E-state index in [9.17, 15) is 23.1 Å². The number of hydrogen-bond donors (Lipinski definition) is 2. The minimum Gasteiger partial charge on any atom is -0.376 e. The van der Waals surface area contributed by atoms with Gasteiger partial charge in [-0.25, -0.2) is 9.97 Å². The number of nitrogens with zero attached hydrogens (tertiary/aromatic N) is 3. The quantitative estimate of drug-likeness (QED) is 0.747. The topological polar surface area (TPSA) is 93.5 Å². The Hall–Kier alpha value is -2.94. The van der Waals surface area contributed by atoms with Gasteiger partial charge in [0.2, 0.25) is 0 Å². The fourth-order valence-electron chi connectivity index (χ4n) is 2.58. The standard InChI is InChI=1S/C17H15F3N4O2/c1-9-3-4-10(16(2,26)17(18,19)20)5-11(9)13-6-23-14-7-22-12(15(21)25)8-24(13)14/h3-8,26H,1-2H3,(H2,21,25). The maximum absolute atomic E-state index is 13.2. The molecule has 0 bridgehead atoms. The van der Waals surface area contributed by atoms with Gasteiger partial charge in [-0.05, 0) is 31.0 Å². The molecule has 1 atom stereocenters. The van der Waals surface area contributed by atoms with Crippen LogP contribution in [0.4, 0.5) is 13.2 Å². The zero-order valence-corrected chi connectivity index (χ0v) is 13.9. The van der Waals surface area contributed by atoms with E-state index in [0.717, 1.165) is 0 Å². The average molecular weight is 364 g/mol. The number of aryl methyl sites for hydroxylation is 1. The molecule has 9 heteroatoms. The molecule has 2 heterocycles. The van der Waals surface area contributed by atoms with Crippen molar-refractivity contribution in [1.82, 2.24) is 14.4 Å². The van der Waals surface area contributed by atoms with Gasteiger partial charge in [0, 0.05) is 11.8 Å². The van der Waals surface area contributed by atoms with Gasteiger partial charge in [0.05, 0.1) is 18.1 Å². The number of fused-ring (bicyclic) bond motifs is 1. The molecule has 0 aliphatic rings. The Balaban J connectivity index is 2.22. The van der Waals surface area contributed by atoms with E-state index in [4.69, 9.17) is 5.73 Å². The maximum Gasteiger partial charge on any atom is 0.421 e. The van der Waals surface area contributed by atoms with Crippen LogP contribution in [0, 0.1) is 6.92 Å². The summed E-state index contributed by atoms with van der Waals surface area (Å²) >= 11 is 0. The SMILES string of the molecule is Cc1ccc(C(C)(O)C(F)(F)F)cc1-c1cnc2cnc(C(N)=O)cn12. The number of nitrogens with two attached hydrogens (primary N) is 1. The molecule has 3 rings (SSSR count). The summed E-state index contributed by atoms with van der Waals surface area (Å²) in [5.74, 6) is -0.739. The van der Waals surface area contributed by atoms with Crippen LogP contribution in [0.3, 0.4) is 0 Å². The largest absolute Gasteiger partial charge is 0.421 e. The highest BCUT2D eigenvalue weighted by molar-refractivity contribution is 5.90. The molecular formula is C17H15F3N4O2. The van der Waals surface area contributed by atoms with E-state index in [2.05, 4.69) is 9.97 Å². The first-order chi connectivity index (χ1) is 12.0. The molecule has 0 saturated carbocycles. The van der Waals surface area contributed by atoms with Crippen molar-refractivity contribution in [1.29, 1.82) is 0 Å². The number of amides is 1. The Morgan fingerprint density at radius 2 is 1.92 bits per heavy atom. The van der Waals surface area contributed by atoms with Gasteiger partial charge in [-0.2, -0.15) is 13.2 Å². The van der Waals surface area contributed by atoms with Crippen molar-refractivity contribution in [3.8, 4) is 11.3 Å². The minimum absolute atomic E-state index is 0.00662. The molecule has 136 valence electrons. The van der Waals surface area contributed by atoms with Crippen LogP contribution < -0.4 is 5.73 Å². The number of imidazole rings is 1. The number of aromatic nitrogens is 3. The second-order valence-corrected chi connectivity index (χ2v) is 6.11. The van der Waals surface area contributed by atoms with Crippen molar-refractivity contribution in [3.63, 3.8) is 0 Å². The van der Waals surface area contributed by atoms with E-state index in [0.29, 0.717) is 29.4 Å². The van der Waals surface area contributed by atoms with Gasteiger partial charge in [0.1, 0.15) is 5.69 Å². The molecule has 26 heavy (non-hydrogen) atoms. The highest BCUT2D eigenvalue weighted by Crippen LogP contribution is 2.40. The Bertz CT molecular complexity index is 1010. The Labute approximate surface area is 146 Å². The Kier molecular flexibility index (Phi) is 3.99. The number of halogens is 3. The van der Waals surface area contributed by atoms with Crippen LogP contribution in [0.15, 0.2) is 36.8 Å². The number of primary amides is 1. The molecule has 0 spiro atoms. The summed E-state index contributed by atoms with van der Waals surface area (Å²) < 4.78 is 41.0. The van der Waals surface area contributed by atoms with E-state index in [1.165, 1.54) is 41.2 Å². The van der Waals surface area contributed by atoms with Gasteiger partial charge in [-0.3, -0.25) is 9.20 Å². The number of carbonyl (C=O) groups excluding carboxylic acids is 1. The van der Waals surface area contributed by atoms with Crippen LogP contribution >= 0.6 is 0 Å². The van der Waals surface area contributed by atoms with Gasteiger partial charge < -0.3 is 10.8 Å². The van der Waals surface area contributed by atoms with Crippen LogP contribution in [0.1, 0.15) is 28.5 Å². The van der Waals surface area contributed by atoms with Crippen molar-refractivity contribution in [2.24, 2.45) is 5.73 Å². The first-order valence-corrected chi connectivity index (χ1v) is 7.56. The zero-order valence-electron chi connectivity index (χ0n) is 13.9. The second kappa shape index (κ2) is 5.80. The van der Waals surface area contributed by atoms with Crippen LogP contribution in [-0.2, 0) is 5.60 Å². The maximum atomic E-state index is 13.2. The third-order valence-corrected chi connectivity index (χ3v) is 4.28. The lowest BCUT2D eigenvalue weighted by Gasteiger charge is -2.27. The molecule has 1 amide bonds. The first kappa shape index (κ1) is 17.9. The third kappa shape index (κ3) is 2.80. The average Bonchev–Trinajstić information content (AvgIpc) is 2.97. The summed E-state index contributed by atoms with van der Waals surface area (Å²) in [5, 5.41) is 9.95. The molecule has 6 nitrogen and oxygen atoms in total. The van der Waals surface area contributed by atoms with Crippen molar-refractivity contribution >= 4 is 11.6 Å². The molecular weight excluding hydrogens is 349 g/mol. The molecule has 0 saturated heterocycles. The van der Waals surface area contributed by atoms with Crippen LogP contribution in [0.5, 0.6) is 0 Å². The number of aliphatic hydroxyl groups is 1. The molecule has 2 aromatic heterocycles. The fraction of sp³-hybridized carbons (Fsp3) is 0.235. The summed E-state index contributed by atoms with van der Waals surface area (Å²) in [6.07, 6.45) is -0.666. The Morgan fingerprint density at radius 1 is 1.23 bits per heavy atom. The molecule has 3 aromatic rings. The summed E-state index contributed by atoms with van der Waals surface area (Å²) in [7, 11) is 0. The third-order valence-electron chi connectivity index (χ3n) is 4.28. The molecule has 0 radical (unpaired) electrons. The minimum atomic E-state index is -4.83. The number of hydrogen-bond acceptors (Lipinski definition) is 4.